The fraction of sp³-hybridized carbons (Fsp3) is 0.353. The zero-order chi connectivity index (χ0) is 18.5. The molecule has 3 rings (SSSR count). The van der Waals surface area contributed by atoms with Crippen molar-refractivity contribution in [2.24, 2.45) is 5.92 Å². The molecule has 1 saturated carbocycles. The number of pyridine rings is 1. The van der Waals surface area contributed by atoms with Crippen molar-refractivity contribution in [3.8, 4) is 5.75 Å². The van der Waals surface area contributed by atoms with Gasteiger partial charge in [0.1, 0.15) is 29.4 Å². The number of nitrogens with one attached hydrogen (secondary N) is 3. The van der Waals surface area contributed by atoms with Crippen LogP contribution in [0, 0.1) is 11.3 Å². The summed E-state index contributed by atoms with van der Waals surface area (Å²) in [4.78, 5) is 34.3. The number of carbonyl (C=O) groups is 1. The van der Waals surface area contributed by atoms with Crippen molar-refractivity contribution in [1.82, 2.24) is 15.0 Å². The SMILES string of the molecule is N=Cc1nc(Cl)[nH]c(=O)c1NCCOc1ccc(C(=O)C2CCC2)nc1. The molecular formula is C17H18ClN5O3. The molecule has 26 heavy (non-hydrogen) atoms. The van der Waals surface area contributed by atoms with Crippen LogP contribution in [0.5, 0.6) is 5.75 Å². The van der Waals surface area contributed by atoms with Gasteiger partial charge in [0.25, 0.3) is 5.56 Å². The lowest BCUT2D eigenvalue weighted by atomic mass is 9.81. The van der Waals surface area contributed by atoms with Crippen molar-refractivity contribution in [2.75, 3.05) is 18.5 Å². The number of aromatic nitrogens is 3. The van der Waals surface area contributed by atoms with Gasteiger partial charge >= 0.3 is 0 Å². The van der Waals surface area contributed by atoms with E-state index in [1.165, 1.54) is 6.20 Å². The van der Waals surface area contributed by atoms with Crippen molar-refractivity contribution in [3.63, 3.8) is 0 Å². The third-order valence-corrected chi connectivity index (χ3v) is 4.37. The number of aromatic amines is 1. The smallest absolute Gasteiger partial charge is 0.275 e. The van der Waals surface area contributed by atoms with E-state index in [9.17, 15) is 9.59 Å². The van der Waals surface area contributed by atoms with E-state index < -0.39 is 5.56 Å². The summed E-state index contributed by atoms with van der Waals surface area (Å²) in [7, 11) is 0. The van der Waals surface area contributed by atoms with Crippen LogP contribution in [0.4, 0.5) is 5.69 Å². The number of ketones is 1. The highest BCUT2D eigenvalue weighted by Crippen LogP contribution is 2.29. The van der Waals surface area contributed by atoms with E-state index >= 15 is 0 Å². The van der Waals surface area contributed by atoms with E-state index in [0.29, 0.717) is 18.0 Å². The third kappa shape index (κ3) is 4.08. The molecule has 8 nitrogen and oxygen atoms in total. The molecule has 0 aliphatic heterocycles. The van der Waals surface area contributed by atoms with Crippen LogP contribution in [-0.2, 0) is 0 Å². The summed E-state index contributed by atoms with van der Waals surface area (Å²) in [6.07, 6.45) is 5.47. The second-order valence-corrected chi connectivity index (χ2v) is 6.27. The second kappa shape index (κ2) is 8.09. The average molecular weight is 376 g/mol. The van der Waals surface area contributed by atoms with Gasteiger partial charge in [-0.2, -0.15) is 0 Å². The maximum atomic E-state index is 12.1. The quantitative estimate of drug-likeness (QED) is 0.282. The van der Waals surface area contributed by atoms with Crippen LogP contribution in [0.15, 0.2) is 23.1 Å². The minimum atomic E-state index is -0.455. The molecule has 0 unspecified atom stereocenters. The molecular weight excluding hydrogens is 358 g/mol. The molecule has 9 heteroatoms. The van der Waals surface area contributed by atoms with Gasteiger partial charge in [0, 0.05) is 18.7 Å². The maximum absolute atomic E-state index is 12.1. The van der Waals surface area contributed by atoms with Gasteiger partial charge < -0.3 is 15.5 Å². The predicted octanol–water partition coefficient (Wildman–Crippen LogP) is 2.29. The molecule has 2 heterocycles. The molecule has 0 amide bonds. The molecule has 0 bridgehead atoms. The van der Waals surface area contributed by atoms with Crippen LogP contribution in [0.3, 0.4) is 0 Å². The van der Waals surface area contributed by atoms with E-state index in [-0.39, 0.29) is 35.0 Å². The van der Waals surface area contributed by atoms with Gasteiger partial charge in [-0.3, -0.25) is 14.6 Å². The Morgan fingerprint density at radius 2 is 2.27 bits per heavy atom. The first kappa shape index (κ1) is 18.1. The molecule has 1 fully saturated rings. The maximum Gasteiger partial charge on any atom is 0.275 e. The van der Waals surface area contributed by atoms with Crippen LogP contribution >= 0.6 is 11.6 Å². The van der Waals surface area contributed by atoms with Gasteiger partial charge in [-0.05, 0) is 36.6 Å². The lowest BCUT2D eigenvalue weighted by molar-refractivity contribution is 0.0850. The van der Waals surface area contributed by atoms with E-state index in [0.717, 1.165) is 25.5 Å². The normalized spacial score (nSPS) is 13.7. The Balaban J connectivity index is 1.52. The molecule has 136 valence electrons. The van der Waals surface area contributed by atoms with E-state index in [4.69, 9.17) is 21.7 Å². The molecule has 3 N–H and O–H groups in total. The largest absolute Gasteiger partial charge is 0.490 e. The van der Waals surface area contributed by atoms with Gasteiger partial charge in [0.05, 0.1) is 6.20 Å². The Bertz CT molecular complexity index is 862. The van der Waals surface area contributed by atoms with Crippen molar-refractivity contribution in [2.45, 2.75) is 19.3 Å². The number of nitrogens with zero attached hydrogens (tertiary/aromatic N) is 2. The summed E-state index contributed by atoms with van der Waals surface area (Å²) in [5.74, 6) is 0.748. The van der Waals surface area contributed by atoms with Crippen molar-refractivity contribution >= 4 is 29.3 Å². The molecule has 1 aliphatic carbocycles. The highest BCUT2D eigenvalue weighted by molar-refractivity contribution is 6.28. The zero-order valence-electron chi connectivity index (χ0n) is 13.9. The standard InChI is InChI=1S/C17H18ClN5O3/c18-17-22-13(8-19)14(16(25)23-17)20-6-7-26-11-4-5-12(21-9-11)15(24)10-2-1-3-10/h4-5,8-10,19-20H,1-3,6-7H2,(H,22,23,25). The molecule has 2 aromatic heterocycles. The molecule has 0 aromatic carbocycles. The number of anilines is 1. The highest BCUT2D eigenvalue weighted by atomic mass is 35.5. The summed E-state index contributed by atoms with van der Waals surface area (Å²) in [5, 5.41) is 10.1. The van der Waals surface area contributed by atoms with Crippen LogP contribution < -0.4 is 15.6 Å². The molecule has 0 spiro atoms. The fourth-order valence-electron chi connectivity index (χ4n) is 2.57. The number of halogens is 1. The molecule has 0 atom stereocenters. The van der Waals surface area contributed by atoms with Crippen molar-refractivity contribution in [3.05, 3.63) is 45.4 Å². The number of Topliss-reactive ketones (excluding diaryl/α,β-unsaturated/α-hetero) is 1. The van der Waals surface area contributed by atoms with Crippen LogP contribution in [-0.4, -0.2) is 40.1 Å². The van der Waals surface area contributed by atoms with Gasteiger partial charge in [-0.1, -0.05) is 6.42 Å². The van der Waals surface area contributed by atoms with Gasteiger partial charge in [-0.25, -0.2) is 9.97 Å². The lowest BCUT2D eigenvalue weighted by Gasteiger charge is -2.23. The van der Waals surface area contributed by atoms with Crippen molar-refractivity contribution in [1.29, 1.82) is 5.41 Å². The zero-order valence-corrected chi connectivity index (χ0v) is 14.7. The first-order chi connectivity index (χ1) is 12.6. The number of hydrogen-bond acceptors (Lipinski definition) is 7. The summed E-state index contributed by atoms with van der Waals surface area (Å²) in [5.41, 5.74) is 0.324. The first-order valence-electron chi connectivity index (χ1n) is 8.25. The summed E-state index contributed by atoms with van der Waals surface area (Å²) in [6, 6.07) is 3.38. The Kier molecular flexibility index (Phi) is 5.62. The lowest BCUT2D eigenvalue weighted by Crippen LogP contribution is -2.23. The molecule has 1 aliphatic rings. The van der Waals surface area contributed by atoms with Crippen molar-refractivity contribution < 1.29 is 9.53 Å². The Morgan fingerprint density at radius 3 is 2.88 bits per heavy atom. The summed E-state index contributed by atoms with van der Waals surface area (Å²) < 4.78 is 5.55. The molecule has 2 aromatic rings. The van der Waals surface area contributed by atoms with E-state index in [2.05, 4.69) is 20.3 Å². The second-order valence-electron chi connectivity index (χ2n) is 5.91. The fourth-order valence-corrected chi connectivity index (χ4v) is 2.75. The van der Waals surface area contributed by atoms with E-state index in [1.54, 1.807) is 12.1 Å². The van der Waals surface area contributed by atoms with Crippen LogP contribution in [0.25, 0.3) is 0 Å². The number of hydrogen-bond donors (Lipinski definition) is 3. The summed E-state index contributed by atoms with van der Waals surface area (Å²) >= 11 is 5.66. The minimum absolute atomic E-state index is 0.0714. The Morgan fingerprint density at radius 1 is 1.46 bits per heavy atom. The average Bonchev–Trinajstić information content (AvgIpc) is 2.58. The van der Waals surface area contributed by atoms with Gasteiger partial charge in [0.15, 0.2) is 5.78 Å². The summed E-state index contributed by atoms with van der Waals surface area (Å²) in [6.45, 7) is 0.576. The first-order valence-corrected chi connectivity index (χ1v) is 8.63. The van der Waals surface area contributed by atoms with Gasteiger partial charge in [0.2, 0.25) is 5.28 Å². The highest BCUT2D eigenvalue weighted by Gasteiger charge is 2.26. The van der Waals surface area contributed by atoms with Crippen LogP contribution in [0.2, 0.25) is 5.28 Å². The number of carbonyl (C=O) groups excluding carboxylic acids is 1. The van der Waals surface area contributed by atoms with Crippen LogP contribution in [0.1, 0.15) is 35.4 Å². The molecule has 0 saturated heterocycles. The number of rotatable bonds is 8. The van der Waals surface area contributed by atoms with E-state index in [1.807, 2.05) is 0 Å². The molecule has 0 radical (unpaired) electrons. The minimum Gasteiger partial charge on any atom is -0.490 e. The number of ether oxygens (including phenoxy) is 1. The Labute approximate surface area is 154 Å². The Hall–Kier alpha value is -2.74. The third-order valence-electron chi connectivity index (χ3n) is 4.19. The monoisotopic (exact) mass is 375 g/mol. The van der Waals surface area contributed by atoms with Gasteiger partial charge in [-0.15, -0.1) is 0 Å². The predicted molar refractivity (Wildman–Crippen MR) is 97.6 cm³/mol. The topological polar surface area (TPSA) is 121 Å². The number of H-pyrrole nitrogens is 1.